The molecule has 4 nitrogen and oxygen atoms in total. The molecule has 4 heteroatoms. The molecule has 1 aliphatic carbocycles. The molecule has 0 spiro atoms. The van der Waals surface area contributed by atoms with Crippen LogP contribution in [0.4, 0.5) is 0 Å². The Hall–Kier alpha value is -2.07. The van der Waals surface area contributed by atoms with Crippen LogP contribution < -0.4 is 5.32 Å². The summed E-state index contributed by atoms with van der Waals surface area (Å²) in [5.74, 6) is 0.784. The van der Waals surface area contributed by atoms with Crippen LogP contribution in [0.1, 0.15) is 40.4 Å². The summed E-state index contributed by atoms with van der Waals surface area (Å²) in [6.45, 7) is 1.97. The van der Waals surface area contributed by atoms with Gasteiger partial charge in [-0.2, -0.15) is 0 Å². The maximum atomic E-state index is 12.2. The van der Waals surface area contributed by atoms with Crippen molar-refractivity contribution < 1.29 is 14.3 Å². The van der Waals surface area contributed by atoms with Gasteiger partial charge in [-0.3, -0.25) is 4.79 Å². The van der Waals surface area contributed by atoms with Crippen molar-refractivity contribution in [3.63, 3.8) is 0 Å². The first kappa shape index (κ1) is 12.9. The van der Waals surface area contributed by atoms with E-state index in [2.05, 4.69) is 5.32 Å². The molecule has 3 rings (SSSR count). The first-order chi connectivity index (χ1) is 9.69. The minimum Gasteiger partial charge on any atom is -0.456 e. The number of furan rings is 1. The minimum atomic E-state index is -0.586. The maximum Gasteiger partial charge on any atom is 0.287 e. The second-order valence-electron chi connectivity index (χ2n) is 5.04. The Balaban J connectivity index is 1.79. The molecule has 104 valence electrons. The van der Waals surface area contributed by atoms with Crippen molar-refractivity contribution in [2.24, 2.45) is 0 Å². The number of hydrogen-bond acceptors (Lipinski definition) is 3. The van der Waals surface area contributed by atoms with Gasteiger partial charge in [0.1, 0.15) is 5.76 Å². The lowest BCUT2D eigenvalue weighted by Crippen LogP contribution is -2.33. The predicted molar refractivity (Wildman–Crippen MR) is 74.4 cm³/mol. The van der Waals surface area contributed by atoms with Crippen molar-refractivity contribution in [1.29, 1.82) is 0 Å². The molecular formula is C16H17NO3. The zero-order valence-electron chi connectivity index (χ0n) is 11.3. The van der Waals surface area contributed by atoms with E-state index in [1.807, 2.05) is 31.2 Å². The van der Waals surface area contributed by atoms with Gasteiger partial charge in [0.15, 0.2) is 5.76 Å². The maximum absolute atomic E-state index is 12.2. The molecule has 1 amide bonds. The van der Waals surface area contributed by atoms with Gasteiger partial charge < -0.3 is 14.8 Å². The van der Waals surface area contributed by atoms with Gasteiger partial charge in [-0.05, 0) is 23.3 Å². The van der Waals surface area contributed by atoms with E-state index in [9.17, 15) is 9.90 Å². The summed E-state index contributed by atoms with van der Waals surface area (Å²) >= 11 is 0. The first-order valence-corrected chi connectivity index (χ1v) is 6.84. The molecule has 1 heterocycles. The number of aliphatic hydroxyl groups is 1. The highest BCUT2D eigenvalue weighted by Gasteiger charge is 2.32. The van der Waals surface area contributed by atoms with Crippen LogP contribution in [0.2, 0.25) is 0 Å². The largest absolute Gasteiger partial charge is 0.456 e. The van der Waals surface area contributed by atoms with Crippen LogP contribution in [0, 0.1) is 0 Å². The fraction of sp³-hybridized carbons (Fsp3) is 0.312. The molecule has 0 bridgehead atoms. The molecule has 2 unspecified atom stereocenters. The molecule has 2 atom stereocenters. The van der Waals surface area contributed by atoms with E-state index in [-0.39, 0.29) is 11.9 Å². The van der Waals surface area contributed by atoms with Crippen molar-refractivity contribution in [3.8, 4) is 0 Å². The smallest absolute Gasteiger partial charge is 0.287 e. The number of benzene rings is 1. The fourth-order valence-electron chi connectivity index (χ4n) is 2.65. The quantitative estimate of drug-likeness (QED) is 0.900. The Kier molecular flexibility index (Phi) is 3.32. The Morgan fingerprint density at radius 1 is 1.35 bits per heavy atom. The van der Waals surface area contributed by atoms with Crippen LogP contribution in [0.25, 0.3) is 0 Å². The van der Waals surface area contributed by atoms with Crippen LogP contribution in [0.5, 0.6) is 0 Å². The monoisotopic (exact) mass is 271 g/mol. The molecule has 1 aromatic carbocycles. The topological polar surface area (TPSA) is 62.5 Å². The van der Waals surface area contributed by atoms with E-state index in [4.69, 9.17) is 4.42 Å². The van der Waals surface area contributed by atoms with Crippen molar-refractivity contribution in [1.82, 2.24) is 5.32 Å². The number of amides is 1. The molecule has 1 aliphatic rings. The summed E-state index contributed by atoms with van der Waals surface area (Å²) in [7, 11) is 0. The molecule has 0 saturated carbocycles. The fourth-order valence-corrected chi connectivity index (χ4v) is 2.65. The molecule has 1 aromatic heterocycles. The van der Waals surface area contributed by atoms with Crippen molar-refractivity contribution in [2.75, 3.05) is 0 Å². The Morgan fingerprint density at radius 2 is 2.15 bits per heavy atom. The van der Waals surface area contributed by atoms with E-state index in [1.165, 1.54) is 0 Å². The average Bonchev–Trinajstić information content (AvgIpc) is 3.04. The third kappa shape index (κ3) is 2.23. The zero-order valence-corrected chi connectivity index (χ0v) is 11.3. The van der Waals surface area contributed by atoms with Crippen LogP contribution in [0.15, 0.2) is 40.8 Å². The van der Waals surface area contributed by atoms with E-state index in [1.54, 1.807) is 12.1 Å². The lowest BCUT2D eigenvalue weighted by Gasteiger charge is -2.17. The average molecular weight is 271 g/mol. The van der Waals surface area contributed by atoms with Crippen molar-refractivity contribution in [2.45, 2.75) is 31.9 Å². The lowest BCUT2D eigenvalue weighted by atomic mass is 10.1. The highest BCUT2D eigenvalue weighted by molar-refractivity contribution is 5.91. The van der Waals surface area contributed by atoms with Crippen molar-refractivity contribution in [3.05, 3.63) is 59.0 Å². The van der Waals surface area contributed by atoms with Crippen LogP contribution in [-0.2, 0) is 12.8 Å². The third-order valence-corrected chi connectivity index (χ3v) is 3.72. The Morgan fingerprint density at radius 3 is 2.90 bits per heavy atom. The summed E-state index contributed by atoms with van der Waals surface area (Å²) in [6, 6.07) is 10.9. The number of carbonyl (C=O) groups excluding carboxylic acids is 1. The summed E-state index contributed by atoms with van der Waals surface area (Å²) in [5.41, 5.74) is 2.06. The highest BCUT2D eigenvalue weighted by Crippen LogP contribution is 2.31. The molecule has 0 saturated heterocycles. The van der Waals surface area contributed by atoms with Crippen molar-refractivity contribution >= 4 is 5.91 Å². The molecule has 2 N–H and O–H groups in total. The number of aliphatic hydroxyl groups excluding tert-OH is 1. The number of aryl methyl sites for hydroxylation is 1. The molecule has 2 aromatic rings. The molecular weight excluding hydrogens is 254 g/mol. The second kappa shape index (κ2) is 5.13. The van der Waals surface area contributed by atoms with Gasteiger partial charge in [-0.15, -0.1) is 0 Å². The SMILES string of the molecule is CCc1ccc(C(=O)NC2c3ccccc3CC2O)o1. The Labute approximate surface area is 117 Å². The molecule has 0 aliphatic heterocycles. The van der Waals surface area contributed by atoms with Gasteiger partial charge >= 0.3 is 0 Å². The molecule has 0 fully saturated rings. The molecule has 0 radical (unpaired) electrons. The number of nitrogens with one attached hydrogen (secondary N) is 1. The summed E-state index contributed by atoms with van der Waals surface area (Å²) in [4.78, 5) is 12.2. The van der Waals surface area contributed by atoms with E-state index >= 15 is 0 Å². The minimum absolute atomic E-state index is 0.287. The van der Waals surface area contributed by atoms with Crippen LogP contribution in [0.3, 0.4) is 0 Å². The summed E-state index contributed by atoms with van der Waals surface area (Å²) in [5, 5.41) is 13.0. The second-order valence-corrected chi connectivity index (χ2v) is 5.04. The van der Waals surface area contributed by atoms with E-state index in [0.717, 1.165) is 23.3 Å². The number of rotatable bonds is 3. The normalized spacial score (nSPS) is 20.7. The van der Waals surface area contributed by atoms with Gasteiger partial charge in [-0.1, -0.05) is 31.2 Å². The van der Waals surface area contributed by atoms with Gasteiger partial charge in [0.25, 0.3) is 5.91 Å². The highest BCUT2D eigenvalue weighted by atomic mass is 16.3. The lowest BCUT2D eigenvalue weighted by molar-refractivity contribution is 0.0830. The number of carbonyl (C=O) groups is 1. The van der Waals surface area contributed by atoms with Gasteiger partial charge in [-0.25, -0.2) is 0 Å². The van der Waals surface area contributed by atoms with Gasteiger partial charge in [0.2, 0.25) is 0 Å². The van der Waals surface area contributed by atoms with Crippen LogP contribution in [-0.4, -0.2) is 17.1 Å². The number of hydrogen-bond donors (Lipinski definition) is 2. The molecule has 20 heavy (non-hydrogen) atoms. The standard InChI is InChI=1S/C16H17NO3/c1-2-11-7-8-14(20-11)16(19)17-15-12-6-4-3-5-10(12)9-13(15)18/h3-8,13,15,18H,2,9H2,1H3,(H,17,19). The Bertz CT molecular complexity index is 632. The first-order valence-electron chi connectivity index (χ1n) is 6.84. The third-order valence-electron chi connectivity index (χ3n) is 3.72. The van der Waals surface area contributed by atoms with Crippen LogP contribution >= 0.6 is 0 Å². The number of fused-ring (bicyclic) bond motifs is 1. The van der Waals surface area contributed by atoms with E-state index < -0.39 is 6.10 Å². The van der Waals surface area contributed by atoms with Gasteiger partial charge in [0.05, 0.1) is 12.1 Å². The predicted octanol–water partition coefficient (Wildman–Crippen LogP) is 2.23. The van der Waals surface area contributed by atoms with Gasteiger partial charge in [0, 0.05) is 12.8 Å². The van der Waals surface area contributed by atoms with E-state index in [0.29, 0.717) is 12.2 Å². The zero-order chi connectivity index (χ0) is 14.1. The summed E-state index contributed by atoms with van der Waals surface area (Å²) < 4.78 is 5.43. The summed E-state index contributed by atoms with van der Waals surface area (Å²) in [6.07, 6.45) is 0.735.